The molecule has 4 rings (SSSR count). The van der Waals surface area contributed by atoms with E-state index in [-0.39, 0.29) is 6.42 Å². The fourth-order valence-electron chi connectivity index (χ4n) is 3.86. The maximum atomic E-state index is 10.2. The van der Waals surface area contributed by atoms with E-state index in [1.54, 1.807) is 6.92 Å². The molecule has 4 nitrogen and oxygen atoms in total. The van der Waals surface area contributed by atoms with Crippen LogP contribution in [0.4, 0.5) is 0 Å². The third-order valence-corrected chi connectivity index (χ3v) is 5.74. The molecule has 0 unspecified atom stereocenters. The van der Waals surface area contributed by atoms with Crippen LogP contribution in [0.1, 0.15) is 41.2 Å². The highest BCUT2D eigenvalue weighted by Gasteiger charge is 2.50. The van der Waals surface area contributed by atoms with Crippen LogP contribution >= 0.6 is 11.6 Å². The van der Waals surface area contributed by atoms with E-state index in [0.717, 1.165) is 16.7 Å². The molecule has 0 bridgehead atoms. The van der Waals surface area contributed by atoms with E-state index >= 15 is 0 Å². The van der Waals surface area contributed by atoms with Crippen LogP contribution in [0.2, 0.25) is 5.02 Å². The summed E-state index contributed by atoms with van der Waals surface area (Å²) < 4.78 is 12.0. The summed E-state index contributed by atoms with van der Waals surface area (Å²) in [4.78, 5) is 0. The van der Waals surface area contributed by atoms with Crippen LogP contribution in [-0.2, 0) is 28.3 Å². The van der Waals surface area contributed by atoms with Crippen LogP contribution in [0.3, 0.4) is 0 Å². The molecule has 0 aliphatic carbocycles. The summed E-state index contributed by atoms with van der Waals surface area (Å²) in [5.74, 6) is -1.01. The van der Waals surface area contributed by atoms with Gasteiger partial charge in [-0.2, -0.15) is 0 Å². The van der Waals surface area contributed by atoms with Gasteiger partial charge in [0.25, 0.3) is 0 Å². The quantitative estimate of drug-likeness (QED) is 0.845. The molecule has 0 saturated carbocycles. The van der Waals surface area contributed by atoms with Crippen LogP contribution in [0.5, 0.6) is 0 Å². The van der Waals surface area contributed by atoms with Gasteiger partial charge in [0, 0.05) is 17.0 Å². The maximum Gasteiger partial charge on any atom is 0.198 e. The molecule has 4 atom stereocenters. The Bertz CT molecular complexity index is 806. The number of aryl methyl sites for hydroxylation is 1. The second kappa shape index (κ2) is 6.63. The van der Waals surface area contributed by atoms with Crippen molar-refractivity contribution in [1.29, 1.82) is 0 Å². The van der Waals surface area contributed by atoms with Crippen LogP contribution in [0, 0.1) is 6.92 Å². The van der Waals surface area contributed by atoms with Crippen LogP contribution in [0.25, 0.3) is 0 Å². The average molecular weight is 375 g/mol. The van der Waals surface area contributed by atoms with E-state index in [1.165, 1.54) is 11.1 Å². The van der Waals surface area contributed by atoms with Crippen LogP contribution in [-0.4, -0.2) is 28.5 Å². The Morgan fingerprint density at radius 2 is 1.92 bits per heavy atom. The van der Waals surface area contributed by atoms with Gasteiger partial charge in [0.1, 0.15) is 6.10 Å². The monoisotopic (exact) mass is 374 g/mol. The molecule has 2 aliphatic rings. The largest absolute Gasteiger partial charge is 0.390 e. The third kappa shape index (κ3) is 3.06. The van der Waals surface area contributed by atoms with E-state index in [2.05, 4.69) is 31.2 Å². The van der Waals surface area contributed by atoms with E-state index in [1.807, 2.05) is 12.1 Å². The van der Waals surface area contributed by atoms with Gasteiger partial charge in [-0.15, -0.1) is 0 Å². The normalized spacial score (nSPS) is 30.6. The van der Waals surface area contributed by atoms with Gasteiger partial charge in [-0.3, -0.25) is 0 Å². The molecule has 2 aromatic carbocycles. The van der Waals surface area contributed by atoms with E-state index < -0.39 is 24.1 Å². The Kier molecular flexibility index (Phi) is 4.58. The lowest BCUT2D eigenvalue weighted by atomic mass is 9.89. The predicted octanol–water partition coefficient (Wildman–Crippen LogP) is 3.45. The molecule has 0 aromatic heterocycles. The van der Waals surface area contributed by atoms with Crippen molar-refractivity contribution in [3.8, 4) is 0 Å². The molecule has 2 aromatic rings. The summed E-state index contributed by atoms with van der Waals surface area (Å²) in [5, 5.41) is 21.0. The molecular weight excluding hydrogens is 352 g/mol. The second-order valence-corrected chi connectivity index (χ2v) is 7.80. The number of hydrogen-bond donors (Lipinski definition) is 2. The molecule has 26 heavy (non-hydrogen) atoms. The minimum absolute atomic E-state index is 0.205. The first-order valence-electron chi connectivity index (χ1n) is 8.93. The Balaban J connectivity index is 1.69. The van der Waals surface area contributed by atoms with Gasteiger partial charge in [0.15, 0.2) is 5.79 Å². The van der Waals surface area contributed by atoms with Gasteiger partial charge >= 0.3 is 0 Å². The first kappa shape index (κ1) is 18.0. The molecular formula is C21H23ClO4. The molecule has 2 heterocycles. The summed E-state index contributed by atoms with van der Waals surface area (Å²) in [5.41, 5.74) is 5.27. The highest BCUT2D eigenvalue weighted by molar-refractivity contribution is 6.31. The predicted molar refractivity (Wildman–Crippen MR) is 99.1 cm³/mol. The number of rotatable bonds is 2. The summed E-state index contributed by atoms with van der Waals surface area (Å²) >= 11 is 6.51. The van der Waals surface area contributed by atoms with Crippen molar-refractivity contribution in [3.63, 3.8) is 0 Å². The van der Waals surface area contributed by atoms with Crippen molar-refractivity contribution in [2.45, 2.75) is 57.4 Å². The van der Waals surface area contributed by atoms with Crippen molar-refractivity contribution < 1.29 is 19.7 Å². The van der Waals surface area contributed by atoms with Crippen molar-refractivity contribution >= 4 is 11.6 Å². The molecule has 1 fully saturated rings. The SMILES string of the molecule is Cc1ccc(Cc2cc3c(cc2Cl)CO[C@@]32C[C@@H](O)[C@H](O)[C@@H](C)O2)cc1. The minimum atomic E-state index is -1.01. The van der Waals surface area contributed by atoms with E-state index in [9.17, 15) is 10.2 Å². The topological polar surface area (TPSA) is 58.9 Å². The zero-order valence-corrected chi connectivity index (χ0v) is 15.7. The Hall–Kier alpha value is -1.43. The Morgan fingerprint density at radius 3 is 2.62 bits per heavy atom. The van der Waals surface area contributed by atoms with Gasteiger partial charge in [-0.05, 0) is 49.1 Å². The molecule has 1 spiro atoms. The Morgan fingerprint density at radius 1 is 1.19 bits per heavy atom. The first-order valence-corrected chi connectivity index (χ1v) is 9.31. The molecule has 1 saturated heterocycles. The second-order valence-electron chi connectivity index (χ2n) is 7.39. The highest BCUT2D eigenvalue weighted by atomic mass is 35.5. The maximum absolute atomic E-state index is 10.2. The minimum Gasteiger partial charge on any atom is -0.390 e. The summed E-state index contributed by atoms with van der Waals surface area (Å²) in [6.07, 6.45) is -1.39. The van der Waals surface area contributed by atoms with Gasteiger partial charge in [0.2, 0.25) is 0 Å². The van der Waals surface area contributed by atoms with E-state index in [0.29, 0.717) is 18.1 Å². The van der Waals surface area contributed by atoms with Crippen LogP contribution < -0.4 is 0 Å². The average Bonchev–Trinajstić information content (AvgIpc) is 2.92. The number of fused-ring (bicyclic) bond motifs is 2. The van der Waals surface area contributed by atoms with Crippen molar-refractivity contribution in [2.24, 2.45) is 0 Å². The lowest BCUT2D eigenvalue weighted by Crippen LogP contribution is -2.52. The van der Waals surface area contributed by atoms with Gasteiger partial charge < -0.3 is 19.7 Å². The van der Waals surface area contributed by atoms with Crippen LogP contribution in [0.15, 0.2) is 36.4 Å². The molecule has 138 valence electrons. The lowest BCUT2D eigenvalue weighted by Gasteiger charge is -2.42. The van der Waals surface area contributed by atoms with Crippen molar-refractivity contribution in [2.75, 3.05) is 0 Å². The standard InChI is InChI=1S/C21H23ClO4/c1-12-3-5-14(6-4-12)7-15-8-17-16(9-18(15)22)11-25-21(17)10-19(23)20(24)13(2)26-21/h3-6,8-9,13,19-20,23-24H,7,10-11H2,1-2H3/t13-,19-,20-,21-/m1/s1. The lowest BCUT2D eigenvalue weighted by molar-refractivity contribution is -0.318. The molecule has 0 radical (unpaired) electrons. The number of aliphatic hydroxyl groups is 2. The summed E-state index contributed by atoms with van der Waals surface area (Å²) in [6.45, 7) is 4.20. The number of ether oxygens (including phenoxy) is 2. The van der Waals surface area contributed by atoms with Crippen molar-refractivity contribution in [3.05, 3.63) is 69.2 Å². The smallest absolute Gasteiger partial charge is 0.198 e. The first-order chi connectivity index (χ1) is 12.4. The van der Waals surface area contributed by atoms with E-state index in [4.69, 9.17) is 21.1 Å². The number of benzene rings is 2. The Labute approximate surface area is 158 Å². The van der Waals surface area contributed by atoms with Gasteiger partial charge in [-0.1, -0.05) is 41.4 Å². The van der Waals surface area contributed by atoms with Gasteiger partial charge in [0.05, 0.1) is 18.8 Å². The number of aliphatic hydroxyl groups excluding tert-OH is 2. The number of halogens is 1. The summed E-state index contributed by atoms with van der Waals surface area (Å²) in [6, 6.07) is 12.3. The summed E-state index contributed by atoms with van der Waals surface area (Å²) in [7, 11) is 0. The molecule has 2 N–H and O–H groups in total. The molecule has 5 heteroatoms. The highest BCUT2D eigenvalue weighted by Crippen LogP contribution is 2.46. The zero-order valence-electron chi connectivity index (χ0n) is 14.9. The fourth-order valence-corrected chi connectivity index (χ4v) is 4.11. The number of hydrogen-bond acceptors (Lipinski definition) is 4. The fraction of sp³-hybridized carbons (Fsp3) is 0.429. The van der Waals surface area contributed by atoms with Gasteiger partial charge in [-0.25, -0.2) is 0 Å². The zero-order chi connectivity index (χ0) is 18.5. The van der Waals surface area contributed by atoms with Crippen molar-refractivity contribution in [1.82, 2.24) is 0 Å². The third-order valence-electron chi connectivity index (χ3n) is 5.39. The molecule has 2 aliphatic heterocycles. The molecule has 0 amide bonds.